The first-order chi connectivity index (χ1) is 16.4. The molecule has 1 saturated heterocycles. The van der Waals surface area contributed by atoms with Crippen molar-refractivity contribution in [3.63, 3.8) is 0 Å². The number of ether oxygens (including phenoxy) is 2. The average molecular weight is 492 g/mol. The number of methoxy groups -OCH3 is 1. The van der Waals surface area contributed by atoms with Gasteiger partial charge in [0.05, 0.1) is 30.6 Å². The van der Waals surface area contributed by atoms with Gasteiger partial charge in [0.1, 0.15) is 11.4 Å². The van der Waals surface area contributed by atoms with E-state index in [9.17, 15) is 18.0 Å². The van der Waals surface area contributed by atoms with Crippen LogP contribution in [0.5, 0.6) is 5.75 Å². The first-order valence-corrected chi connectivity index (χ1v) is 11.3. The number of rotatable bonds is 3. The summed E-state index contributed by atoms with van der Waals surface area (Å²) >= 11 is 0. The summed E-state index contributed by atoms with van der Waals surface area (Å²) in [6, 6.07) is 3.67. The number of carbonyl (C=O) groups is 1. The molecule has 0 spiro atoms. The van der Waals surface area contributed by atoms with Crippen molar-refractivity contribution in [1.82, 2.24) is 24.9 Å². The van der Waals surface area contributed by atoms with Crippen molar-refractivity contribution in [3.8, 4) is 17.0 Å². The number of halogens is 3. The minimum atomic E-state index is -4.49. The number of aryl methyl sites for hydroxylation is 1. The Labute approximate surface area is 201 Å². The third-order valence-electron chi connectivity index (χ3n) is 5.84. The van der Waals surface area contributed by atoms with Crippen LogP contribution in [0.4, 0.5) is 18.0 Å². The van der Waals surface area contributed by atoms with E-state index < -0.39 is 17.3 Å². The second-order valence-electron chi connectivity index (χ2n) is 9.69. The molecule has 1 atom stereocenters. The van der Waals surface area contributed by atoms with Crippen LogP contribution in [0.1, 0.15) is 50.8 Å². The summed E-state index contributed by atoms with van der Waals surface area (Å²) in [5.74, 6) is 0.0682. The summed E-state index contributed by atoms with van der Waals surface area (Å²) in [6.45, 7) is 8.10. The average Bonchev–Trinajstić information content (AvgIpc) is 3.20. The number of carbonyl (C=O) groups excluding carboxylic acids is 1. The van der Waals surface area contributed by atoms with Crippen molar-refractivity contribution in [1.29, 1.82) is 0 Å². The number of aromatic nitrogens is 4. The minimum absolute atomic E-state index is 0.0682. The lowest BCUT2D eigenvalue weighted by Crippen LogP contribution is -2.43. The van der Waals surface area contributed by atoms with Gasteiger partial charge in [-0.1, -0.05) is 0 Å². The van der Waals surface area contributed by atoms with E-state index in [1.54, 1.807) is 28.8 Å². The van der Waals surface area contributed by atoms with E-state index in [1.165, 1.54) is 7.11 Å². The van der Waals surface area contributed by atoms with Gasteiger partial charge in [-0.25, -0.2) is 9.48 Å². The summed E-state index contributed by atoms with van der Waals surface area (Å²) in [4.78, 5) is 14.2. The summed E-state index contributed by atoms with van der Waals surface area (Å²) in [6.07, 6.45) is -1.60. The van der Waals surface area contributed by atoms with Gasteiger partial charge in [-0.15, -0.1) is 10.2 Å². The van der Waals surface area contributed by atoms with Crippen LogP contribution < -0.4 is 4.74 Å². The zero-order valence-electron chi connectivity index (χ0n) is 20.3. The highest BCUT2D eigenvalue weighted by Gasteiger charge is 2.33. The second kappa shape index (κ2) is 9.01. The predicted molar refractivity (Wildman–Crippen MR) is 123 cm³/mol. The van der Waals surface area contributed by atoms with E-state index in [0.29, 0.717) is 40.9 Å². The van der Waals surface area contributed by atoms with Crippen molar-refractivity contribution < 1.29 is 27.4 Å². The second-order valence-corrected chi connectivity index (χ2v) is 9.69. The lowest BCUT2D eigenvalue weighted by Gasteiger charge is -2.34. The van der Waals surface area contributed by atoms with Gasteiger partial charge in [-0.2, -0.15) is 18.3 Å². The van der Waals surface area contributed by atoms with Crippen molar-refractivity contribution in [2.75, 3.05) is 20.2 Å². The van der Waals surface area contributed by atoms with Crippen LogP contribution in [0.2, 0.25) is 0 Å². The Hall–Kier alpha value is -3.37. The first kappa shape index (κ1) is 24.7. The fourth-order valence-corrected chi connectivity index (χ4v) is 4.30. The number of hydrogen-bond acceptors (Lipinski definition) is 6. The Morgan fingerprint density at radius 1 is 1.14 bits per heavy atom. The molecule has 1 aliphatic heterocycles. The van der Waals surface area contributed by atoms with Gasteiger partial charge in [0, 0.05) is 24.0 Å². The maximum Gasteiger partial charge on any atom is 0.416 e. The van der Waals surface area contributed by atoms with Gasteiger partial charge in [-0.05, 0) is 64.3 Å². The Bertz CT molecular complexity index is 1250. The van der Waals surface area contributed by atoms with Crippen LogP contribution in [0.3, 0.4) is 0 Å². The van der Waals surface area contributed by atoms with Gasteiger partial charge in [0.15, 0.2) is 5.65 Å². The number of benzene rings is 1. The number of likely N-dealkylation sites (tertiary alicyclic amines) is 1. The Balaban J connectivity index is 1.64. The molecule has 4 rings (SSSR count). The summed E-state index contributed by atoms with van der Waals surface area (Å²) < 4.78 is 52.2. The number of hydrogen-bond donors (Lipinski definition) is 0. The minimum Gasteiger partial charge on any atom is -0.496 e. The van der Waals surface area contributed by atoms with Crippen LogP contribution in [0, 0.1) is 6.92 Å². The van der Waals surface area contributed by atoms with E-state index >= 15 is 0 Å². The lowest BCUT2D eigenvalue weighted by atomic mass is 10.00. The Kier molecular flexibility index (Phi) is 6.37. The SMILES string of the molecule is COc1cc(C(F)(F)F)cc(C)c1-c1cc2cnn(C3CCCN(C(=O)OC(C)(C)C)C3)c2nn1. The molecular weight excluding hydrogens is 463 g/mol. The molecule has 1 fully saturated rings. The van der Waals surface area contributed by atoms with E-state index in [2.05, 4.69) is 15.3 Å². The molecule has 11 heteroatoms. The van der Waals surface area contributed by atoms with Crippen molar-refractivity contribution in [2.45, 2.75) is 58.4 Å². The van der Waals surface area contributed by atoms with Gasteiger partial charge in [0.2, 0.25) is 0 Å². The van der Waals surface area contributed by atoms with E-state index in [-0.39, 0.29) is 17.9 Å². The standard InChI is InChI=1S/C24H28F3N5O3/c1-14-9-16(24(25,26)27)11-19(34-5)20(14)18-10-15-12-28-32(21(15)30-29-18)17-7-6-8-31(13-17)22(33)35-23(2,3)4/h9-12,17H,6-8,13H2,1-5H3. The molecule has 2 aromatic heterocycles. The summed E-state index contributed by atoms with van der Waals surface area (Å²) in [5.41, 5.74) is 0.369. The highest BCUT2D eigenvalue weighted by Crippen LogP contribution is 2.39. The molecule has 188 valence electrons. The summed E-state index contributed by atoms with van der Waals surface area (Å²) in [5, 5.41) is 13.8. The third-order valence-corrected chi connectivity index (χ3v) is 5.84. The lowest BCUT2D eigenvalue weighted by molar-refractivity contribution is -0.137. The quantitative estimate of drug-likeness (QED) is 0.488. The monoisotopic (exact) mass is 491 g/mol. The maximum absolute atomic E-state index is 13.2. The van der Waals surface area contributed by atoms with Gasteiger partial charge in [-0.3, -0.25) is 0 Å². The summed E-state index contributed by atoms with van der Waals surface area (Å²) in [7, 11) is 1.32. The molecule has 0 aliphatic carbocycles. The van der Waals surface area contributed by atoms with Crippen LogP contribution in [0.15, 0.2) is 24.4 Å². The molecule has 1 aromatic carbocycles. The normalized spacial score (nSPS) is 17.0. The molecule has 3 heterocycles. The molecule has 0 bridgehead atoms. The molecule has 1 unspecified atom stereocenters. The zero-order chi connectivity index (χ0) is 25.5. The Morgan fingerprint density at radius 3 is 2.54 bits per heavy atom. The molecule has 1 amide bonds. The first-order valence-electron chi connectivity index (χ1n) is 11.3. The molecule has 0 radical (unpaired) electrons. The zero-order valence-corrected chi connectivity index (χ0v) is 20.3. The Morgan fingerprint density at radius 2 is 1.89 bits per heavy atom. The van der Waals surface area contributed by atoms with Gasteiger partial charge >= 0.3 is 12.3 Å². The third kappa shape index (κ3) is 5.18. The van der Waals surface area contributed by atoms with Crippen LogP contribution >= 0.6 is 0 Å². The maximum atomic E-state index is 13.2. The van der Waals surface area contributed by atoms with Crippen molar-refractivity contribution in [3.05, 3.63) is 35.5 Å². The van der Waals surface area contributed by atoms with E-state index in [4.69, 9.17) is 9.47 Å². The molecule has 0 saturated carbocycles. The van der Waals surface area contributed by atoms with Crippen LogP contribution in [-0.4, -0.2) is 56.8 Å². The van der Waals surface area contributed by atoms with Crippen molar-refractivity contribution in [2.24, 2.45) is 0 Å². The molecular formula is C24H28F3N5O3. The van der Waals surface area contributed by atoms with Crippen LogP contribution in [-0.2, 0) is 10.9 Å². The van der Waals surface area contributed by atoms with Crippen LogP contribution in [0.25, 0.3) is 22.3 Å². The smallest absolute Gasteiger partial charge is 0.416 e. The largest absolute Gasteiger partial charge is 0.496 e. The van der Waals surface area contributed by atoms with E-state index in [1.807, 2.05) is 20.8 Å². The van der Waals surface area contributed by atoms with Gasteiger partial charge < -0.3 is 14.4 Å². The number of alkyl halides is 3. The predicted octanol–water partition coefficient (Wildman–Crippen LogP) is 5.40. The van der Waals surface area contributed by atoms with Crippen molar-refractivity contribution >= 4 is 17.1 Å². The fraction of sp³-hybridized carbons (Fsp3) is 0.500. The topological polar surface area (TPSA) is 82.4 Å². The number of nitrogens with zero attached hydrogens (tertiary/aromatic N) is 5. The molecule has 8 nitrogen and oxygen atoms in total. The number of piperidine rings is 1. The molecule has 3 aromatic rings. The number of amides is 1. The van der Waals surface area contributed by atoms with Gasteiger partial charge in [0.25, 0.3) is 0 Å². The molecule has 0 N–H and O–H groups in total. The fourth-order valence-electron chi connectivity index (χ4n) is 4.30. The highest BCUT2D eigenvalue weighted by molar-refractivity contribution is 5.82. The van der Waals surface area contributed by atoms with E-state index in [0.717, 1.165) is 25.0 Å². The molecule has 1 aliphatic rings. The molecule has 35 heavy (non-hydrogen) atoms. The highest BCUT2D eigenvalue weighted by atomic mass is 19.4. The number of fused-ring (bicyclic) bond motifs is 1.